The van der Waals surface area contributed by atoms with Crippen LogP contribution in [0.25, 0.3) is 0 Å². The predicted octanol–water partition coefficient (Wildman–Crippen LogP) is -16.6. The van der Waals surface area contributed by atoms with Crippen molar-refractivity contribution in [3.05, 3.63) is 0 Å². The third kappa shape index (κ3) is 16.6. The van der Waals surface area contributed by atoms with E-state index in [0.717, 1.165) is 20.8 Å². The summed E-state index contributed by atoms with van der Waals surface area (Å²) in [5.74, 6) is -8.18. The summed E-state index contributed by atoms with van der Waals surface area (Å²) < 4.78 is 74.9. The van der Waals surface area contributed by atoms with Crippen LogP contribution < -0.4 is 16.0 Å². The van der Waals surface area contributed by atoms with Gasteiger partial charge in [-0.2, -0.15) is 0 Å². The molecule has 25 N–H and O–H groups in total. The lowest BCUT2D eigenvalue weighted by atomic mass is 9.88. The fourth-order valence-corrected chi connectivity index (χ4v) is 11.9. The summed E-state index contributed by atoms with van der Waals surface area (Å²) in [5.41, 5.74) is 0. The van der Waals surface area contributed by atoms with Crippen LogP contribution in [0.5, 0.6) is 0 Å². The lowest BCUT2D eigenvalue weighted by Crippen LogP contribution is -2.72. The molecule has 0 unspecified atom stereocenters. The molecular formula is C51H85N3O39. The van der Waals surface area contributed by atoms with E-state index in [0.29, 0.717) is 0 Å². The number of aliphatic carboxylic acids is 1. The number of hydrogen-bond donors (Lipinski definition) is 25. The molecule has 7 aliphatic heterocycles. The van der Waals surface area contributed by atoms with Gasteiger partial charge in [-0.15, -0.1) is 0 Å². The minimum Gasteiger partial charge on any atom is -0.477 e. The molecule has 36 atom stereocenters. The first-order valence-electron chi connectivity index (χ1n) is 29.3. The largest absolute Gasteiger partial charge is 0.477 e. The molecule has 93 heavy (non-hydrogen) atoms. The van der Waals surface area contributed by atoms with Gasteiger partial charge in [0.1, 0.15) is 165 Å². The zero-order valence-electron chi connectivity index (χ0n) is 49.6. The third-order valence-corrected chi connectivity index (χ3v) is 16.7. The maximum Gasteiger partial charge on any atom is 0.364 e. The Morgan fingerprint density at radius 1 is 0.419 bits per heavy atom. The SMILES string of the molecule is CC(=O)N[C@H]1[C@H](O[C@H]2[C@@H](O)[C@@H](CO)O[C@@H](O[C@H]3[C@H](O)[C@@H](CO)O[C@@H](O[C@H]4[C@@H](O)[C@@H](CO)O[C@@H](O[C@H]5[C@H](O)[C@@H](O)[C@H](O)O[C@@H]5CO)[C@@H]4O)[C@@H]3NC(C)=O)[C@@H]2O)O[C@H](CO)[C@@H](O)[C@@H]1O[C@@H]1O[C@H](CO)[C@H](O)[C@H](O[C@]2(C(=O)O)C[C@H](O)[C@@H](NC(C)=O)[C@H]([C@H](O)[C@H](O)CO)O2)[C@H]1O. The Labute approximate surface area is 525 Å². The van der Waals surface area contributed by atoms with Crippen molar-refractivity contribution >= 4 is 23.7 Å². The number of aliphatic hydroxyl groups excluding tert-OH is 21. The zero-order valence-corrected chi connectivity index (χ0v) is 49.6. The number of carbonyl (C=O) groups excluding carboxylic acids is 3. The number of aliphatic hydroxyl groups is 21. The van der Waals surface area contributed by atoms with Gasteiger partial charge in [0.05, 0.1) is 58.4 Å². The summed E-state index contributed by atoms with van der Waals surface area (Å²) in [6, 6.07) is -5.61. The highest BCUT2D eigenvalue weighted by Gasteiger charge is 2.62. The van der Waals surface area contributed by atoms with Crippen molar-refractivity contribution in [2.45, 2.75) is 248 Å². The van der Waals surface area contributed by atoms with E-state index in [1.807, 2.05) is 0 Å². The van der Waals surface area contributed by atoms with Gasteiger partial charge in [0, 0.05) is 27.2 Å². The number of carboxylic acid groups (broad SMARTS) is 1. The molecule has 0 aromatic rings. The molecule has 3 amide bonds. The van der Waals surface area contributed by atoms with E-state index in [1.54, 1.807) is 0 Å². The zero-order chi connectivity index (χ0) is 69.0. The average Bonchev–Trinajstić information content (AvgIpc) is 0.764. The molecule has 0 aliphatic carbocycles. The molecule has 0 spiro atoms. The van der Waals surface area contributed by atoms with Gasteiger partial charge in [-0.1, -0.05) is 0 Å². The van der Waals surface area contributed by atoms with Gasteiger partial charge < -0.3 is 190 Å². The number of ether oxygens (including phenoxy) is 13. The summed E-state index contributed by atoms with van der Waals surface area (Å²) in [6.07, 6.45) is -68.4. The van der Waals surface area contributed by atoms with E-state index in [1.165, 1.54) is 0 Å². The van der Waals surface area contributed by atoms with Crippen LogP contribution in [0.15, 0.2) is 0 Å². The minimum absolute atomic E-state index is 0.855. The summed E-state index contributed by atoms with van der Waals surface area (Å²) in [4.78, 5) is 51.3. The van der Waals surface area contributed by atoms with E-state index in [4.69, 9.17) is 61.6 Å². The van der Waals surface area contributed by atoms with Crippen LogP contribution in [0.2, 0.25) is 0 Å². The molecule has 42 heteroatoms. The molecule has 7 saturated heterocycles. The summed E-state index contributed by atoms with van der Waals surface area (Å²) in [6.45, 7) is -4.95. The molecular weight excluding hydrogens is 1280 g/mol. The molecule has 7 aliphatic rings. The van der Waals surface area contributed by atoms with Gasteiger partial charge in [0.25, 0.3) is 5.79 Å². The van der Waals surface area contributed by atoms with E-state index in [9.17, 15) is 132 Å². The lowest BCUT2D eigenvalue weighted by Gasteiger charge is -2.51. The second-order valence-corrected chi connectivity index (χ2v) is 23.2. The first-order chi connectivity index (χ1) is 43.8. The molecule has 0 radical (unpaired) electrons. The Balaban J connectivity index is 1.16. The van der Waals surface area contributed by atoms with E-state index in [-0.39, 0.29) is 0 Å². The number of nitrogens with one attached hydrogen (secondary N) is 3. The Bertz CT molecular complexity index is 2420. The van der Waals surface area contributed by atoms with E-state index < -0.39 is 297 Å². The summed E-state index contributed by atoms with van der Waals surface area (Å²) >= 11 is 0. The Morgan fingerprint density at radius 3 is 1.12 bits per heavy atom. The molecule has 7 rings (SSSR count). The quantitative estimate of drug-likeness (QED) is 0.0404. The van der Waals surface area contributed by atoms with Crippen molar-refractivity contribution in [3.8, 4) is 0 Å². The molecule has 0 aromatic heterocycles. The van der Waals surface area contributed by atoms with Crippen LogP contribution in [-0.4, -0.2) is 403 Å². The molecule has 0 bridgehead atoms. The van der Waals surface area contributed by atoms with Gasteiger partial charge >= 0.3 is 5.97 Å². The van der Waals surface area contributed by atoms with Crippen molar-refractivity contribution in [1.29, 1.82) is 0 Å². The fraction of sp³-hybridized carbons (Fsp3) is 0.922. The number of carbonyl (C=O) groups is 4. The molecule has 0 aromatic carbocycles. The fourth-order valence-electron chi connectivity index (χ4n) is 11.9. The first kappa shape index (κ1) is 76.9. The van der Waals surface area contributed by atoms with E-state index in [2.05, 4.69) is 16.0 Å². The minimum atomic E-state index is -3.27. The van der Waals surface area contributed by atoms with Crippen molar-refractivity contribution in [2.75, 3.05) is 46.2 Å². The Morgan fingerprint density at radius 2 is 0.753 bits per heavy atom. The van der Waals surface area contributed by atoms with Crippen LogP contribution in [-0.2, 0) is 80.8 Å². The molecule has 0 saturated carbocycles. The molecule has 42 nitrogen and oxygen atoms in total. The highest BCUT2D eigenvalue weighted by atomic mass is 16.8. The number of hydrogen-bond acceptors (Lipinski definition) is 38. The van der Waals surface area contributed by atoms with Crippen molar-refractivity contribution in [3.63, 3.8) is 0 Å². The summed E-state index contributed by atoms with van der Waals surface area (Å²) in [5, 5.41) is 247. The Hall–Kier alpha value is -3.48. The summed E-state index contributed by atoms with van der Waals surface area (Å²) in [7, 11) is 0. The molecule has 538 valence electrons. The Kier molecular flexibility index (Phi) is 27.2. The maximum absolute atomic E-state index is 13.2. The molecule has 7 heterocycles. The highest BCUT2D eigenvalue weighted by molar-refractivity contribution is 5.77. The highest BCUT2D eigenvalue weighted by Crippen LogP contribution is 2.41. The van der Waals surface area contributed by atoms with Crippen molar-refractivity contribution < 1.29 is 193 Å². The molecule has 7 fully saturated rings. The average molecular weight is 1360 g/mol. The van der Waals surface area contributed by atoms with Gasteiger partial charge in [-0.3, -0.25) is 14.4 Å². The number of amides is 3. The first-order valence-corrected chi connectivity index (χ1v) is 29.3. The van der Waals surface area contributed by atoms with Crippen LogP contribution in [0, 0.1) is 0 Å². The normalized spacial score (nSPS) is 47.2. The second-order valence-electron chi connectivity index (χ2n) is 23.2. The van der Waals surface area contributed by atoms with Gasteiger partial charge in [-0.05, 0) is 0 Å². The smallest absolute Gasteiger partial charge is 0.364 e. The third-order valence-electron chi connectivity index (χ3n) is 16.7. The standard InChI is InChI=1S/C51H85N3O39/c1-12(62)52-23-15(65)4-51(50(79)80,92-40(23)26(67)16(66)5-55)93-43-31(72)21(10-60)86-49(36(43)77)89-39-25(54-14(3)64)46(83-18(7-57)28(39)69)91-42-30(71)20(9-59)85-48(35(42)76)88-38-24(53-13(2)63)45(82-17(6-56)27(38)68)90-41-29(70)19(8-58)84-47(34(41)75)87-37-22(11-61)81-44(78)33(74)32(37)73/h15-49,55-61,65-78H,4-11H2,1-3H3,(H,52,62)(H,53,63)(H,54,64)(H,79,80)/t15-,16+,17+,18+,19+,20+,21+,22+,23+,24+,25+,26+,27+,28+,29-,30-,31-,32+,33+,34+,35+,36+,37+,38+,39+,40+,41-,42-,43-,44+,45-,46-,47-,48-,49-,51-/m0/s1. The van der Waals surface area contributed by atoms with Gasteiger partial charge in [0.15, 0.2) is 37.7 Å². The van der Waals surface area contributed by atoms with Gasteiger partial charge in [0.2, 0.25) is 17.7 Å². The van der Waals surface area contributed by atoms with Crippen LogP contribution in [0.3, 0.4) is 0 Å². The van der Waals surface area contributed by atoms with Crippen molar-refractivity contribution in [2.24, 2.45) is 0 Å². The van der Waals surface area contributed by atoms with Gasteiger partial charge in [-0.25, -0.2) is 4.79 Å². The topological polar surface area (TPSA) is 669 Å². The number of rotatable bonds is 25. The maximum atomic E-state index is 13.2. The predicted molar refractivity (Wildman–Crippen MR) is 284 cm³/mol. The van der Waals surface area contributed by atoms with E-state index >= 15 is 0 Å². The van der Waals surface area contributed by atoms with Crippen LogP contribution >= 0.6 is 0 Å². The van der Waals surface area contributed by atoms with Crippen molar-refractivity contribution in [1.82, 2.24) is 16.0 Å². The van der Waals surface area contributed by atoms with Crippen LogP contribution in [0.1, 0.15) is 27.2 Å². The van der Waals surface area contributed by atoms with Crippen LogP contribution in [0.4, 0.5) is 0 Å². The lowest BCUT2D eigenvalue weighted by molar-refractivity contribution is -0.390. The number of carboxylic acids is 1. The monoisotopic (exact) mass is 1360 g/mol. The second kappa shape index (κ2) is 32.9.